The van der Waals surface area contributed by atoms with Gasteiger partial charge in [0.15, 0.2) is 5.60 Å². The van der Waals surface area contributed by atoms with Gasteiger partial charge in [0.25, 0.3) is 11.9 Å². The van der Waals surface area contributed by atoms with Crippen LogP contribution in [0.15, 0.2) is 48.5 Å². The molecule has 4 N–H and O–H groups in total. The lowest BCUT2D eigenvalue weighted by molar-refractivity contribution is -0.175. The van der Waals surface area contributed by atoms with Crippen molar-refractivity contribution in [2.24, 2.45) is 5.92 Å². The molecule has 1 aliphatic rings. The van der Waals surface area contributed by atoms with E-state index in [9.17, 15) is 34.2 Å². The van der Waals surface area contributed by atoms with Crippen LogP contribution in [-0.4, -0.2) is 82.8 Å². The van der Waals surface area contributed by atoms with Crippen LogP contribution < -0.4 is 10.6 Å². The van der Waals surface area contributed by atoms with E-state index in [1.165, 1.54) is 13.0 Å². The Morgan fingerprint density at radius 1 is 1.07 bits per heavy atom. The van der Waals surface area contributed by atoms with E-state index >= 15 is 0 Å². The lowest BCUT2D eigenvalue weighted by Gasteiger charge is -2.38. The zero-order valence-electron chi connectivity index (χ0n) is 23.7. The van der Waals surface area contributed by atoms with E-state index in [2.05, 4.69) is 20.4 Å². The standard InChI is InChI=1S/C28H34BN3O10/c1-16(2)13-21(29-41-23(35)15-28(42-29,27(38)39)14-22(34)40-4)31-26(37)24(17(3)33)32-25(36)20-12-8-11-19(30-20)18-9-6-5-7-10-18/h5-12,16-17,21,24,33H,13-15H2,1-4H3,(H,31,37)(H,32,36)(H,38,39)/t17-,21+,24+,28?/m1/s1. The van der Waals surface area contributed by atoms with Crippen LogP contribution in [0.2, 0.25) is 0 Å². The van der Waals surface area contributed by atoms with Gasteiger partial charge in [0.1, 0.15) is 11.7 Å². The summed E-state index contributed by atoms with van der Waals surface area (Å²) in [6.07, 6.45) is -2.73. The van der Waals surface area contributed by atoms with E-state index in [4.69, 9.17) is 9.31 Å². The SMILES string of the molecule is COC(=O)CC1(C(=O)O)CC(=O)OB([C@H](CC(C)C)NC(=O)[C@@H](NC(=O)c2cccc(-c3ccccc3)n2)[C@@H](C)O)O1. The molecule has 0 saturated carbocycles. The molecule has 1 aromatic heterocycles. The van der Waals surface area contributed by atoms with Crippen molar-refractivity contribution in [3.05, 3.63) is 54.2 Å². The fourth-order valence-electron chi connectivity index (χ4n) is 4.44. The van der Waals surface area contributed by atoms with E-state index < -0.39 is 73.4 Å². The van der Waals surface area contributed by atoms with Gasteiger partial charge < -0.3 is 34.9 Å². The van der Waals surface area contributed by atoms with E-state index in [0.29, 0.717) is 5.69 Å². The maximum Gasteiger partial charge on any atom is 0.552 e. The van der Waals surface area contributed by atoms with E-state index in [1.807, 2.05) is 44.2 Å². The van der Waals surface area contributed by atoms with Gasteiger partial charge in [-0.25, -0.2) is 9.78 Å². The van der Waals surface area contributed by atoms with Crippen molar-refractivity contribution < 1.29 is 48.2 Å². The minimum Gasteiger partial charge on any atom is -0.508 e. The molecule has 0 bridgehead atoms. The number of hydrogen-bond donors (Lipinski definition) is 4. The molecule has 224 valence electrons. The third-order valence-electron chi connectivity index (χ3n) is 6.55. The summed E-state index contributed by atoms with van der Waals surface area (Å²) < 4.78 is 15.5. The first kappa shape index (κ1) is 32.2. The Labute approximate surface area is 243 Å². The molecule has 4 atom stereocenters. The van der Waals surface area contributed by atoms with Crippen LogP contribution >= 0.6 is 0 Å². The third kappa shape index (κ3) is 8.14. The molecular weight excluding hydrogens is 549 g/mol. The second-order valence-corrected chi connectivity index (χ2v) is 10.4. The number of aliphatic hydroxyl groups excluding tert-OH is 1. The molecule has 3 rings (SSSR count). The zero-order chi connectivity index (χ0) is 31.0. The normalized spacial score (nSPS) is 18.8. The molecule has 1 aliphatic heterocycles. The highest BCUT2D eigenvalue weighted by Gasteiger charge is 2.55. The predicted molar refractivity (Wildman–Crippen MR) is 149 cm³/mol. The van der Waals surface area contributed by atoms with E-state index in [0.717, 1.165) is 12.7 Å². The number of methoxy groups -OCH3 is 1. The summed E-state index contributed by atoms with van der Waals surface area (Å²) in [5, 5.41) is 25.4. The summed E-state index contributed by atoms with van der Waals surface area (Å²) in [4.78, 5) is 67.4. The molecule has 1 unspecified atom stereocenters. The van der Waals surface area contributed by atoms with Gasteiger partial charge >= 0.3 is 19.1 Å². The number of benzene rings is 1. The molecule has 13 nitrogen and oxygen atoms in total. The number of carboxylic acids is 1. The number of carbonyl (C=O) groups is 5. The summed E-state index contributed by atoms with van der Waals surface area (Å²) in [6, 6.07) is 12.5. The number of rotatable bonds is 12. The van der Waals surface area contributed by atoms with Gasteiger partial charge in [-0.05, 0) is 31.4 Å². The molecule has 42 heavy (non-hydrogen) atoms. The third-order valence-corrected chi connectivity index (χ3v) is 6.55. The lowest BCUT2D eigenvalue weighted by Crippen LogP contribution is -2.63. The Kier molecular flexibility index (Phi) is 10.8. The largest absolute Gasteiger partial charge is 0.552 e. The lowest BCUT2D eigenvalue weighted by atomic mass is 9.70. The number of esters is 1. The summed E-state index contributed by atoms with van der Waals surface area (Å²) >= 11 is 0. The fraction of sp³-hybridized carbons (Fsp3) is 0.429. The monoisotopic (exact) mass is 583 g/mol. The number of aliphatic carboxylic acids is 1. The van der Waals surface area contributed by atoms with Crippen LogP contribution in [0.3, 0.4) is 0 Å². The Morgan fingerprint density at radius 3 is 2.36 bits per heavy atom. The zero-order valence-corrected chi connectivity index (χ0v) is 23.7. The maximum absolute atomic E-state index is 13.4. The summed E-state index contributed by atoms with van der Waals surface area (Å²) in [5.74, 6) is -6.23. The minimum atomic E-state index is -2.28. The average molecular weight is 583 g/mol. The maximum atomic E-state index is 13.4. The molecule has 2 aromatic rings. The second kappa shape index (κ2) is 14.1. The Bertz CT molecular complexity index is 1310. The highest BCUT2D eigenvalue weighted by atomic mass is 16.7. The fourth-order valence-corrected chi connectivity index (χ4v) is 4.44. The molecular formula is C28H34BN3O10. The first-order valence-electron chi connectivity index (χ1n) is 13.3. The van der Waals surface area contributed by atoms with Gasteiger partial charge in [0.05, 0.1) is 37.7 Å². The predicted octanol–water partition coefficient (Wildman–Crippen LogP) is 1.14. The number of aromatic nitrogens is 1. The molecule has 1 fully saturated rings. The van der Waals surface area contributed by atoms with Crippen LogP contribution in [-0.2, 0) is 33.2 Å². The summed E-state index contributed by atoms with van der Waals surface area (Å²) in [7, 11) is -0.524. The van der Waals surface area contributed by atoms with E-state index in [-0.39, 0.29) is 18.0 Å². The molecule has 0 aliphatic carbocycles. The van der Waals surface area contributed by atoms with Crippen LogP contribution in [0.4, 0.5) is 0 Å². The van der Waals surface area contributed by atoms with E-state index in [1.54, 1.807) is 12.1 Å². The number of nitrogens with zero attached hydrogens (tertiary/aromatic N) is 1. The Balaban J connectivity index is 1.82. The van der Waals surface area contributed by atoms with Crippen molar-refractivity contribution in [1.82, 2.24) is 15.6 Å². The topological polar surface area (TPSA) is 190 Å². The van der Waals surface area contributed by atoms with Gasteiger partial charge in [0, 0.05) is 5.56 Å². The number of carbonyl (C=O) groups excluding carboxylic acids is 4. The van der Waals surface area contributed by atoms with Gasteiger partial charge in [-0.3, -0.25) is 19.2 Å². The van der Waals surface area contributed by atoms with Crippen molar-refractivity contribution in [3.8, 4) is 11.3 Å². The first-order valence-corrected chi connectivity index (χ1v) is 13.3. The number of pyridine rings is 1. The van der Waals surface area contributed by atoms with Crippen LogP contribution in [0.1, 0.15) is 50.5 Å². The van der Waals surface area contributed by atoms with Crippen LogP contribution in [0.5, 0.6) is 0 Å². The number of amides is 2. The summed E-state index contributed by atoms with van der Waals surface area (Å²) in [6.45, 7) is 4.92. The molecule has 0 spiro atoms. The van der Waals surface area contributed by atoms with Gasteiger partial charge in [-0.15, -0.1) is 0 Å². The summed E-state index contributed by atoms with van der Waals surface area (Å²) in [5.41, 5.74) is -0.962. The minimum absolute atomic E-state index is 0.00660. The number of carboxylic acid groups (broad SMARTS) is 1. The molecule has 1 saturated heterocycles. The van der Waals surface area contributed by atoms with Crippen LogP contribution in [0, 0.1) is 5.92 Å². The average Bonchev–Trinajstić information content (AvgIpc) is 2.95. The number of nitrogens with one attached hydrogen (secondary N) is 2. The second-order valence-electron chi connectivity index (χ2n) is 10.4. The Hall–Kier alpha value is -4.30. The smallest absolute Gasteiger partial charge is 0.508 e. The van der Waals surface area contributed by atoms with Crippen molar-refractivity contribution in [1.29, 1.82) is 0 Å². The molecule has 0 radical (unpaired) electrons. The number of hydrogen-bond acceptors (Lipinski definition) is 10. The molecule has 14 heteroatoms. The van der Waals surface area contributed by atoms with Gasteiger partial charge in [-0.1, -0.05) is 50.2 Å². The number of ether oxygens (including phenoxy) is 1. The molecule has 2 amide bonds. The van der Waals surface area contributed by atoms with Crippen molar-refractivity contribution in [2.75, 3.05) is 7.11 Å². The quantitative estimate of drug-likeness (QED) is 0.207. The van der Waals surface area contributed by atoms with Crippen LogP contribution in [0.25, 0.3) is 11.3 Å². The van der Waals surface area contributed by atoms with Gasteiger partial charge in [0.2, 0.25) is 5.91 Å². The van der Waals surface area contributed by atoms with Gasteiger partial charge in [-0.2, -0.15) is 0 Å². The number of aliphatic hydroxyl groups is 1. The highest BCUT2D eigenvalue weighted by molar-refractivity contribution is 6.50. The first-order chi connectivity index (χ1) is 19.8. The van der Waals surface area contributed by atoms with Crippen molar-refractivity contribution in [3.63, 3.8) is 0 Å². The molecule has 1 aromatic carbocycles. The van der Waals surface area contributed by atoms with Crippen molar-refractivity contribution >= 4 is 36.8 Å². The van der Waals surface area contributed by atoms with Crippen molar-refractivity contribution in [2.45, 2.75) is 63.7 Å². The Morgan fingerprint density at radius 2 is 1.76 bits per heavy atom. The highest BCUT2D eigenvalue weighted by Crippen LogP contribution is 2.30. The molecule has 2 heterocycles.